The van der Waals surface area contributed by atoms with Gasteiger partial charge in [0.2, 0.25) is 0 Å². The molecule has 6 aromatic carbocycles. The summed E-state index contributed by atoms with van der Waals surface area (Å²) in [7, 11) is 0. The lowest BCUT2D eigenvalue weighted by Crippen LogP contribution is -2.11. The number of hydrogen-bond donors (Lipinski definition) is 1. The van der Waals surface area contributed by atoms with Crippen LogP contribution in [-0.4, -0.2) is 19.6 Å². The zero-order valence-corrected chi connectivity index (χ0v) is 35.7. The van der Waals surface area contributed by atoms with Gasteiger partial charge in [0.1, 0.15) is 11.6 Å². The Kier molecular flexibility index (Phi) is 7.61. The van der Waals surface area contributed by atoms with Crippen molar-refractivity contribution in [1.82, 2.24) is 14.5 Å². The van der Waals surface area contributed by atoms with Gasteiger partial charge in [-0.2, -0.15) is 0 Å². The molecule has 0 spiro atoms. The molecule has 0 bridgehead atoms. The predicted octanol–water partition coefficient (Wildman–Crippen LogP) is 15.6. The third-order valence-electron chi connectivity index (χ3n) is 11.5. The van der Waals surface area contributed by atoms with Gasteiger partial charge in [0.05, 0.1) is 28.0 Å². The zero-order valence-electron chi connectivity index (χ0n) is 47.7. The van der Waals surface area contributed by atoms with Gasteiger partial charge in [-0.25, -0.2) is 4.98 Å². The Morgan fingerprint density at radius 3 is 1.98 bits per heavy atom. The van der Waals surface area contributed by atoms with Crippen molar-refractivity contribution in [3.63, 3.8) is 0 Å². The zero-order chi connectivity index (χ0) is 53.4. The Bertz CT molecular complexity index is 3300. The van der Waals surface area contributed by atoms with Crippen LogP contribution in [0.15, 0.2) is 140 Å². The number of imidazole rings is 1. The van der Waals surface area contributed by atoms with Gasteiger partial charge in [0.15, 0.2) is 0 Å². The highest BCUT2D eigenvalue weighted by Crippen LogP contribution is 2.44. The van der Waals surface area contributed by atoms with Crippen LogP contribution in [0.5, 0.6) is 5.75 Å². The van der Waals surface area contributed by atoms with Crippen LogP contribution in [0.2, 0.25) is 0 Å². The maximum atomic E-state index is 12.2. The minimum absolute atomic E-state index is 0.0392. The quantitative estimate of drug-likeness (QED) is 0.166. The number of aryl methyl sites for hydroxylation is 1. The summed E-state index contributed by atoms with van der Waals surface area (Å²) in [6.45, 7) is 1.85. The van der Waals surface area contributed by atoms with Crippen molar-refractivity contribution in [2.24, 2.45) is 0 Å². The van der Waals surface area contributed by atoms with Crippen molar-refractivity contribution in [3.05, 3.63) is 167 Å². The highest BCUT2D eigenvalue weighted by molar-refractivity contribution is 5.97. The van der Waals surface area contributed by atoms with Crippen molar-refractivity contribution in [1.29, 1.82) is 0 Å². The first-order chi connectivity index (χ1) is 33.9. The molecule has 1 N–H and O–H groups in total. The maximum Gasteiger partial charge on any atom is 0.149 e. The molecule has 0 atom stereocenters. The molecule has 0 unspecified atom stereocenters. The summed E-state index contributed by atoms with van der Waals surface area (Å²) in [5.74, 6) is 0.506. The molecule has 61 heavy (non-hydrogen) atoms. The fourth-order valence-corrected chi connectivity index (χ4v) is 7.97. The third kappa shape index (κ3) is 8.16. The van der Waals surface area contributed by atoms with E-state index in [0.29, 0.717) is 44.9 Å². The van der Waals surface area contributed by atoms with E-state index < -0.39 is 32.8 Å². The molecular formula is C57H59N3O. The van der Waals surface area contributed by atoms with Crippen LogP contribution in [0.25, 0.3) is 72.7 Å². The lowest BCUT2D eigenvalue weighted by molar-refractivity contribution is 0.466. The summed E-state index contributed by atoms with van der Waals surface area (Å²) < 4.78 is 102. The number of rotatable bonds is 8. The Hall–Kier alpha value is -6.26. The number of phenols is 1. The number of benzene rings is 6. The SMILES string of the molecule is [2H]C([2H])([2H])c1cc(-c2ccccc2)ccc1-n1c(-c2cc(C(C)C)cc(C(C)C)c2O)nc2c(-c3cc(-c4cc(-c5ccc(C(C([2H])([2H])[2H])(C([2H])([2H])[2H])C([2H])([2H])[2H])cc5)ccn4)cc(C(C)(C)C)c3)cccc21. The number of fused-ring (bicyclic) bond motifs is 1. The number of hydrogen-bond acceptors (Lipinski definition) is 3. The van der Waals surface area contributed by atoms with Crippen LogP contribution in [0.1, 0.15) is 125 Å². The highest BCUT2D eigenvalue weighted by atomic mass is 16.3. The van der Waals surface area contributed by atoms with Gasteiger partial charge in [-0.3, -0.25) is 9.55 Å². The second-order valence-electron chi connectivity index (χ2n) is 17.7. The number of nitrogens with zero attached hydrogens (tertiary/aromatic N) is 3. The molecular weight excluding hydrogens is 743 g/mol. The molecule has 2 aromatic heterocycles. The average Bonchev–Trinajstić information content (AvgIpc) is 3.69. The smallest absolute Gasteiger partial charge is 0.149 e. The van der Waals surface area contributed by atoms with Crippen LogP contribution in [0.4, 0.5) is 0 Å². The van der Waals surface area contributed by atoms with Gasteiger partial charge in [0, 0.05) is 33.8 Å². The second-order valence-corrected chi connectivity index (χ2v) is 17.7. The summed E-state index contributed by atoms with van der Waals surface area (Å²) in [6, 6.07) is 40.3. The summed E-state index contributed by atoms with van der Waals surface area (Å²) in [5.41, 5.74) is 6.84. The first kappa shape index (κ1) is 29.1. The van der Waals surface area contributed by atoms with Gasteiger partial charge in [-0.05, 0) is 134 Å². The molecule has 0 aliphatic rings. The van der Waals surface area contributed by atoms with Gasteiger partial charge in [-0.1, -0.05) is 154 Å². The predicted molar refractivity (Wildman–Crippen MR) is 258 cm³/mol. The maximum absolute atomic E-state index is 12.2. The normalized spacial score (nSPS) is 16.0. The first-order valence-corrected chi connectivity index (χ1v) is 20.8. The van der Waals surface area contributed by atoms with E-state index in [4.69, 9.17) is 26.4 Å². The molecule has 0 radical (unpaired) electrons. The lowest BCUT2D eigenvalue weighted by atomic mass is 9.83. The van der Waals surface area contributed by atoms with Gasteiger partial charge in [0.25, 0.3) is 0 Å². The van der Waals surface area contributed by atoms with E-state index in [1.807, 2.05) is 103 Å². The van der Waals surface area contributed by atoms with Crippen molar-refractivity contribution < 1.29 is 21.6 Å². The number of aromatic nitrogens is 3. The van der Waals surface area contributed by atoms with Crippen LogP contribution >= 0.6 is 0 Å². The molecule has 2 heterocycles. The minimum atomic E-state index is -3.39. The summed E-state index contributed by atoms with van der Waals surface area (Å²) >= 11 is 0. The molecule has 308 valence electrons. The molecule has 0 amide bonds. The highest BCUT2D eigenvalue weighted by Gasteiger charge is 2.25. The van der Waals surface area contributed by atoms with Crippen molar-refractivity contribution >= 4 is 11.0 Å². The molecule has 0 aliphatic carbocycles. The van der Waals surface area contributed by atoms with Crippen molar-refractivity contribution in [3.8, 4) is 67.5 Å². The number of phenolic OH excluding ortho intramolecular Hbond substituents is 1. The van der Waals surface area contributed by atoms with Crippen LogP contribution in [0.3, 0.4) is 0 Å². The Morgan fingerprint density at radius 2 is 1.30 bits per heavy atom. The monoisotopic (exact) mass is 814 g/mol. The Labute approximate surface area is 379 Å². The minimum Gasteiger partial charge on any atom is -0.507 e. The fourth-order valence-electron chi connectivity index (χ4n) is 7.97. The van der Waals surface area contributed by atoms with E-state index in [0.717, 1.165) is 44.5 Å². The second kappa shape index (κ2) is 16.0. The molecule has 8 aromatic rings. The first-order valence-electron chi connectivity index (χ1n) is 26.8. The fraction of sp³-hybridized carbons (Fsp3) is 0.263. The van der Waals surface area contributed by atoms with Crippen molar-refractivity contribution in [2.75, 3.05) is 0 Å². The molecule has 4 heteroatoms. The summed E-state index contributed by atoms with van der Waals surface area (Å²) in [6.07, 6.45) is 1.64. The number of pyridine rings is 1. The van der Waals surface area contributed by atoms with Gasteiger partial charge in [-0.15, -0.1) is 0 Å². The molecule has 4 nitrogen and oxygen atoms in total. The lowest BCUT2D eigenvalue weighted by Gasteiger charge is -2.22. The molecule has 0 saturated carbocycles. The van der Waals surface area contributed by atoms with Crippen LogP contribution in [0, 0.1) is 6.85 Å². The third-order valence-corrected chi connectivity index (χ3v) is 11.5. The largest absolute Gasteiger partial charge is 0.507 e. The molecule has 0 saturated heterocycles. The van der Waals surface area contributed by atoms with Crippen molar-refractivity contribution in [2.45, 2.75) is 98.5 Å². The summed E-state index contributed by atoms with van der Waals surface area (Å²) in [5, 5.41) is 12.2. The average molecular weight is 814 g/mol. The van der Waals surface area contributed by atoms with E-state index in [-0.39, 0.29) is 34.1 Å². The topological polar surface area (TPSA) is 50.9 Å². The molecule has 8 rings (SSSR count). The van der Waals surface area contributed by atoms with E-state index in [2.05, 4.69) is 46.8 Å². The van der Waals surface area contributed by atoms with Gasteiger partial charge >= 0.3 is 0 Å². The molecule has 0 aliphatic heterocycles. The van der Waals surface area contributed by atoms with Gasteiger partial charge < -0.3 is 5.11 Å². The van der Waals surface area contributed by atoms with Crippen LogP contribution in [-0.2, 0) is 10.8 Å². The summed E-state index contributed by atoms with van der Waals surface area (Å²) in [4.78, 5) is 10.2. The number of aromatic hydroxyl groups is 1. The number of para-hydroxylation sites is 1. The van der Waals surface area contributed by atoms with E-state index in [9.17, 15) is 5.11 Å². The Morgan fingerprint density at radius 1 is 0.590 bits per heavy atom. The van der Waals surface area contributed by atoms with E-state index >= 15 is 0 Å². The van der Waals surface area contributed by atoms with Crippen LogP contribution < -0.4 is 0 Å². The molecule has 0 fully saturated rings. The van der Waals surface area contributed by atoms with E-state index in [1.54, 1.807) is 18.3 Å². The standard InChI is InChI=1S/C57H59N3O/c1-35(2)42-32-48(36(3)4)54(61)49(33-42)55-59-53-47(18-15-19-52(53)60(55)51-25-22-40(28-37(51)5)38-16-13-12-14-17-38)43-29-44(31-46(30-43)57(9,10)11)50-34-41(26-27-58-50)39-20-23-45(24-21-39)56(6,7)8/h12-36,61H,1-11H3/i5D3,6D3,7D3,8D3. The Balaban J connectivity index is 1.35. The van der Waals surface area contributed by atoms with E-state index in [1.165, 1.54) is 24.3 Å².